The van der Waals surface area contributed by atoms with E-state index in [0.717, 1.165) is 5.56 Å². The fraction of sp³-hybridized carbons (Fsp3) is 0.250. The Morgan fingerprint density at radius 2 is 1.83 bits per heavy atom. The zero-order chi connectivity index (χ0) is 25.3. The van der Waals surface area contributed by atoms with Gasteiger partial charge >= 0.3 is 0 Å². The van der Waals surface area contributed by atoms with E-state index in [1.807, 2.05) is 27.7 Å². The van der Waals surface area contributed by atoms with E-state index in [0.29, 0.717) is 23.5 Å². The maximum Gasteiger partial charge on any atom is 0.300 e. The standard InChI is InChI=1S/C28H28N2O5/c1-5-35-22-13-12-17(15-19(22)28(2,3)4)25(32)23-24(18-9-8-14-29-16-18)30(27(34)26(23)33)20-10-6-7-11-21(20)31/h6-16,24,31-32H,5H2,1-4H3/b25-23-. The number of benzene rings is 2. The molecule has 1 unspecified atom stereocenters. The fourth-order valence-electron chi connectivity index (χ4n) is 4.30. The minimum atomic E-state index is -0.971. The predicted octanol–water partition coefficient (Wildman–Crippen LogP) is 5.11. The largest absolute Gasteiger partial charge is 0.507 e. The van der Waals surface area contributed by atoms with Gasteiger partial charge in [0.2, 0.25) is 0 Å². The molecule has 0 aliphatic carbocycles. The Kier molecular flexibility index (Phi) is 6.35. The molecule has 1 amide bonds. The van der Waals surface area contributed by atoms with Gasteiger partial charge in [-0.1, -0.05) is 39.0 Å². The number of ketones is 1. The number of nitrogens with zero attached hydrogens (tertiary/aromatic N) is 2. The second-order valence-corrected chi connectivity index (χ2v) is 9.34. The first-order valence-electron chi connectivity index (χ1n) is 11.4. The highest BCUT2D eigenvalue weighted by Gasteiger charge is 2.47. The Morgan fingerprint density at radius 3 is 2.46 bits per heavy atom. The van der Waals surface area contributed by atoms with Crippen molar-refractivity contribution in [1.29, 1.82) is 0 Å². The predicted molar refractivity (Wildman–Crippen MR) is 133 cm³/mol. The molecule has 180 valence electrons. The van der Waals surface area contributed by atoms with E-state index in [9.17, 15) is 19.8 Å². The maximum atomic E-state index is 13.3. The average molecular weight is 473 g/mol. The molecule has 1 aromatic heterocycles. The molecule has 0 bridgehead atoms. The second-order valence-electron chi connectivity index (χ2n) is 9.34. The van der Waals surface area contributed by atoms with Gasteiger partial charge in [0.25, 0.3) is 11.7 Å². The molecule has 2 N–H and O–H groups in total. The first kappa shape index (κ1) is 24.0. The van der Waals surface area contributed by atoms with Crippen molar-refractivity contribution in [3.05, 3.63) is 89.3 Å². The Morgan fingerprint density at radius 1 is 1.09 bits per heavy atom. The number of anilines is 1. The fourth-order valence-corrected chi connectivity index (χ4v) is 4.30. The Labute approximate surface area is 204 Å². The van der Waals surface area contributed by atoms with Crippen LogP contribution in [0.25, 0.3) is 5.76 Å². The molecule has 1 atom stereocenters. The van der Waals surface area contributed by atoms with Crippen LogP contribution < -0.4 is 9.64 Å². The van der Waals surface area contributed by atoms with Crippen LogP contribution in [0.4, 0.5) is 5.69 Å². The number of aliphatic hydroxyl groups excluding tert-OH is 1. The summed E-state index contributed by atoms with van der Waals surface area (Å²) in [7, 11) is 0. The summed E-state index contributed by atoms with van der Waals surface area (Å²) >= 11 is 0. The van der Waals surface area contributed by atoms with Crippen LogP contribution in [-0.2, 0) is 15.0 Å². The van der Waals surface area contributed by atoms with Crippen LogP contribution in [0.15, 0.2) is 72.6 Å². The number of hydrogen-bond donors (Lipinski definition) is 2. The molecular formula is C28H28N2O5. The van der Waals surface area contributed by atoms with Crippen molar-refractivity contribution in [3.8, 4) is 11.5 Å². The molecule has 0 radical (unpaired) electrons. The minimum absolute atomic E-state index is 0.0738. The van der Waals surface area contributed by atoms with Crippen molar-refractivity contribution >= 4 is 23.1 Å². The molecular weight excluding hydrogens is 444 g/mol. The quantitative estimate of drug-likeness (QED) is 0.304. The molecule has 1 aliphatic heterocycles. The van der Waals surface area contributed by atoms with E-state index in [1.165, 1.54) is 17.2 Å². The van der Waals surface area contributed by atoms with E-state index in [4.69, 9.17) is 4.74 Å². The third-order valence-electron chi connectivity index (χ3n) is 5.95. The van der Waals surface area contributed by atoms with Crippen LogP contribution in [0, 0.1) is 0 Å². The van der Waals surface area contributed by atoms with Crippen LogP contribution in [-0.4, -0.2) is 33.5 Å². The smallest absolute Gasteiger partial charge is 0.300 e. The summed E-state index contributed by atoms with van der Waals surface area (Å²) in [6.45, 7) is 8.47. The Balaban J connectivity index is 1.95. The van der Waals surface area contributed by atoms with Crippen molar-refractivity contribution < 1.29 is 24.5 Å². The molecule has 0 saturated carbocycles. The summed E-state index contributed by atoms with van der Waals surface area (Å²) in [6.07, 6.45) is 3.12. The van der Waals surface area contributed by atoms with E-state index in [1.54, 1.807) is 54.7 Å². The van der Waals surface area contributed by atoms with E-state index < -0.39 is 17.7 Å². The molecule has 7 heteroatoms. The molecule has 0 spiro atoms. The summed E-state index contributed by atoms with van der Waals surface area (Å²) in [6, 6.07) is 13.9. The first-order valence-corrected chi connectivity index (χ1v) is 11.4. The van der Waals surface area contributed by atoms with Crippen molar-refractivity contribution in [1.82, 2.24) is 4.98 Å². The number of aromatic nitrogens is 1. The van der Waals surface area contributed by atoms with Crippen molar-refractivity contribution in [2.75, 3.05) is 11.5 Å². The van der Waals surface area contributed by atoms with Gasteiger partial charge in [-0.15, -0.1) is 0 Å². The van der Waals surface area contributed by atoms with E-state index in [-0.39, 0.29) is 28.2 Å². The molecule has 2 heterocycles. The number of hydrogen-bond acceptors (Lipinski definition) is 6. The average Bonchev–Trinajstić information content (AvgIpc) is 3.09. The van der Waals surface area contributed by atoms with Crippen molar-refractivity contribution in [2.24, 2.45) is 0 Å². The summed E-state index contributed by atoms with van der Waals surface area (Å²) in [5.74, 6) is -1.45. The summed E-state index contributed by atoms with van der Waals surface area (Å²) in [5, 5.41) is 21.9. The van der Waals surface area contributed by atoms with Crippen LogP contribution >= 0.6 is 0 Å². The van der Waals surface area contributed by atoms with Crippen LogP contribution in [0.5, 0.6) is 11.5 Å². The third-order valence-corrected chi connectivity index (χ3v) is 5.95. The molecule has 7 nitrogen and oxygen atoms in total. The lowest BCUT2D eigenvalue weighted by atomic mass is 9.84. The van der Waals surface area contributed by atoms with Crippen LogP contribution in [0.3, 0.4) is 0 Å². The van der Waals surface area contributed by atoms with Crippen molar-refractivity contribution in [2.45, 2.75) is 39.2 Å². The van der Waals surface area contributed by atoms with Crippen molar-refractivity contribution in [3.63, 3.8) is 0 Å². The lowest BCUT2D eigenvalue weighted by Crippen LogP contribution is -2.29. The Hall–Kier alpha value is -4.13. The molecule has 2 aromatic carbocycles. The molecule has 3 aromatic rings. The highest BCUT2D eigenvalue weighted by molar-refractivity contribution is 6.51. The first-order chi connectivity index (χ1) is 16.6. The lowest BCUT2D eigenvalue weighted by Gasteiger charge is -2.26. The van der Waals surface area contributed by atoms with Gasteiger partial charge in [0, 0.05) is 23.5 Å². The topological polar surface area (TPSA) is 100.0 Å². The number of phenolic OH excluding ortho intramolecular Hbond substituents is 1. The SMILES string of the molecule is CCOc1ccc(/C(O)=C2/C(=O)C(=O)N(c3ccccc3O)C2c2cccnc2)cc1C(C)(C)C. The van der Waals surface area contributed by atoms with E-state index >= 15 is 0 Å². The summed E-state index contributed by atoms with van der Waals surface area (Å²) in [4.78, 5) is 31.9. The van der Waals surface area contributed by atoms with Gasteiger partial charge < -0.3 is 14.9 Å². The number of aromatic hydroxyl groups is 1. The highest BCUT2D eigenvalue weighted by Crippen LogP contribution is 2.45. The number of pyridine rings is 1. The monoisotopic (exact) mass is 472 g/mol. The van der Waals surface area contributed by atoms with E-state index in [2.05, 4.69) is 4.98 Å². The number of ether oxygens (including phenoxy) is 1. The molecule has 1 fully saturated rings. The number of carbonyl (C=O) groups is 2. The third kappa shape index (κ3) is 4.37. The van der Waals surface area contributed by atoms with Gasteiger partial charge in [-0.3, -0.25) is 19.5 Å². The number of rotatable bonds is 5. The lowest BCUT2D eigenvalue weighted by molar-refractivity contribution is -0.132. The molecule has 4 rings (SSSR count). The van der Waals surface area contributed by atoms with Gasteiger partial charge in [-0.05, 0) is 54.3 Å². The summed E-state index contributed by atoms with van der Waals surface area (Å²) < 4.78 is 5.78. The normalized spacial score (nSPS) is 17.6. The van der Waals surface area contributed by atoms with Crippen LogP contribution in [0.1, 0.15) is 50.4 Å². The number of phenols is 1. The molecule has 35 heavy (non-hydrogen) atoms. The van der Waals surface area contributed by atoms with Gasteiger partial charge in [-0.2, -0.15) is 0 Å². The number of aliphatic hydroxyl groups is 1. The van der Waals surface area contributed by atoms with Gasteiger partial charge in [0.05, 0.1) is 23.9 Å². The summed E-state index contributed by atoms with van der Waals surface area (Å²) in [5.41, 5.74) is 1.57. The second kappa shape index (κ2) is 9.25. The maximum absolute atomic E-state index is 13.3. The number of para-hydroxylation sites is 2. The van der Waals surface area contributed by atoms with Gasteiger partial charge in [0.15, 0.2) is 0 Å². The molecule has 1 aliphatic rings. The number of carbonyl (C=O) groups excluding carboxylic acids is 2. The van der Waals surface area contributed by atoms with Crippen LogP contribution in [0.2, 0.25) is 0 Å². The Bertz CT molecular complexity index is 1310. The van der Waals surface area contributed by atoms with Gasteiger partial charge in [0.1, 0.15) is 17.3 Å². The minimum Gasteiger partial charge on any atom is -0.507 e. The zero-order valence-electron chi connectivity index (χ0n) is 20.1. The molecule has 1 saturated heterocycles. The van der Waals surface area contributed by atoms with Gasteiger partial charge in [-0.25, -0.2) is 0 Å². The number of amides is 1. The zero-order valence-corrected chi connectivity index (χ0v) is 20.1. The number of Topliss-reactive ketones (excluding diaryl/α,β-unsaturated/α-hetero) is 1. The highest BCUT2D eigenvalue weighted by atomic mass is 16.5.